The first-order chi connectivity index (χ1) is 14.7. The summed E-state index contributed by atoms with van der Waals surface area (Å²) >= 11 is 3.36. The van der Waals surface area contributed by atoms with Crippen molar-refractivity contribution >= 4 is 45.6 Å². The highest BCUT2D eigenvalue weighted by Crippen LogP contribution is 2.22. The van der Waals surface area contributed by atoms with Crippen LogP contribution in [0.3, 0.4) is 0 Å². The van der Waals surface area contributed by atoms with Gasteiger partial charge >= 0.3 is 11.8 Å². The second-order valence-corrected chi connectivity index (χ2v) is 8.10. The zero-order chi connectivity index (χ0) is 22.8. The number of nitrogens with zero attached hydrogens (tertiary/aromatic N) is 1. The Labute approximate surface area is 189 Å². The molecule has 9 heteroatoms. The molecule has 0 bridgehead atoms. The smallest absolute Gasteiger partial charge is 0.329 e. The second kappa shape index (κ2) is 11.8. The highest BCUT2D eigenvalue weighted by molar-refractivity contribution is 9.10. The zero-order valence-corrected chi connectivity index (χ0v) is 19.2. The SMILES string of the molecule is Cc1ccc(NC(=O)COc2ccc(Br)cc2/C=N\NC(=O)C(=O)NCC(C)C)cc1. The van der Waals surface area contributed by atoms with Gasteiger partial charge < -0.3 is 15.4 Å². The van der Waals surface area contributed by atoms with Crippen LogP contribution < -0.4 is 20.8 Å². The van der Waals surface area contributed by atoms with Gasteiger partial charge in [0.1, 0.15) is 5.75 Å². The fraction of sp³-hybridized carbons (Fsp3) is 0.273. The average molecular weight is 489 g/mol. The topological polar surface area (TPSA) is 109 Å². The molecule has 0 spiro atoms. The predicted molar refractivity (Wildman–Crippen MR) is 123 cm³/mol. The lowest BCUT2D eigenvalue weighted by molar-refractivity contribution is -0.139. The molecule has 0 saturated heterocycles. The van der Waals surface area contributed by atoms with Crippen LogP contribution in [0.25, 0.3) is 0 Å². The first kappa shape index (κ1) is 24.1. The maximum Gasteiger partial charge on any atom is 0.329 e. The molecule has 0 heterocycles. The molecule has 3 N–H and O–H groups in total. The third-order valence-electron chi connectivity index (χ3n) is 3.91. The van der Waals surface area contributed by atoms with Crippen molar-refractivity contribution in [3.05, 3.63) is 58.1 Å². The van der Waals surface area contributed by atoms with Crippen LogP contribution >= 0.6 is 15.9 Å². The highest BCUT2D eigenvalue weighted by Gasteiger charge is 2.12. The third-order valence-corrected chi connectivity index (χ3v) is 4.41. The Morgan fingerprint density at radius 1 is 1.10 bits per heavy atom. The van der Waals surface area contributed by atoms with Crippen molar-refractivity contribution in [3.8, 4) is 5.75 Å². The molecule has 0 aliphatic carbocycles. The van der Waals surface area contributed by atoms with E-state index < -0.39 is 11.8 Å². The summed E-state index contributed by atoms with van der Waals surface area (Å²) in [6, 6.07) is 12.6. The van der Waals surface area contributed by atoms with E-state index in [4.69, 9.17) is 4.74 Å². The fourth-order valence-electron chi connectivity index (χ4n) is 2.32. The Morgan fingerprint density at radius 2 is 1.81 bits per heavy atom. The number of carbonyl (C=O) groups excluding carboxylic acids is 3. The summed E-state index contributed by atoms with van der Waals surface area (Å²) in [4.78, 5) is 35.6. The van der Waals surface area contributed by atoms with Crippen LogP contribution in [0.15, 0.2) is 52.0 Å². The summed E-state index contributed by atoms with van der Waals surface area (Å²) in [7, 11) is 0. The molecule has 0 aromatic heterocycles. The van der Waals surface area contributed by atoms with Gasteiger partial charge in [-0.1, -0.05) is 47.5 Å². The molecule has 2 rings (SSSR count). The Kier molecular flexibility index (Phi) is 9.20. The normalized spacial score (nSPS) is 10.7. The van der Waals surface area contributed by atoms with Gasteiger partial charge in [-0.05, 0) is 43.2 Å². The van der Waals surface area contributed by atoms with E-state index in [1.165, 1.54) is 6.21 Å². The molecule has 0 fully saturated rings. The van der Waals surface area contributed by atoms with Gasteiger partial charge in [0.05, 0.1) is 6.21 Å². The lowest BCUT2D eigenvalue weighted by Gasteiger charge is -2.10. The molecule has 0 atom stereocenters. The molecule has 0 aliphatic rings. The van der Waals surface area contributed by atoms with Crippen LogP contribution in [0.2, 0.25) is 0 Å². The minimum atomic E-state index is -0.869. The number of hydrazone groups is 1. The molecule has 31 heavy (non-hydrogen) atoms. The number of hydrogen-bond donors (Lipinski definition) is 3. The number of hydrogen-bond acceptors (Lipinski definition) is 5. The van der Waals surface area contributed by atoms with Crippen molar-refractivity contribution in [2.24, 2.45) is 11.0 Å². The number of carbonyl (C=O) groups is 3. The van der Waals surface area contributed by atoms with Crippen molar-refractivity contribution in [2.45, 2.75) is 20.8 Å². The van der Waals surface area contributed by atoms with Crippen molar-refractivity contribution < 1.29 is 19.1 Å². The zero-order valence-electron chi connectivity index (χ0n) is 17.6. The molecular formula is C22H25BrN4O4. The number of aryl methyl sites for hydroxylation is 1. The number of ether oxygens (including phenoxy) is 1. The Morgan fingerprint density at radius 3 is 2.48 bits per heavy atom. The second-order valence-electron chi connectivity index (χ2n) is 7.19. The predicted octanol–water partition coefficient (Wildman–Crippen LogP) is 3.00. The number of amides is 3. The molecule has 2 aromatic rings. The largest absolute Gasteiger partial charge is 0.483 e. The van der Waals surface area contributed by atoms with Crippen LogP contribution in [0.4, 0.5) is 5.69 Å². The van der Waals surface area contributed by atoms with Crippen LogP contribution in [-0.4, -0.2) is 37.1 Å². The van der Waals surface area contributed by atoms with Crippen molar-refractivity contribution in [1.29, 1.82) is 0 Å². The summed E-state index contributed by atoms with van der Waals surface area (Å²) in [6.07, 6.45) is 1.34. The quantitative estimate of drug-likeness (QED) is 0.301. The van der Waals surface area contributed by atoms with Gasteiger partial charge in [0, 0.05) is 22.3 Å². The molecule has 2 aromatic carbocycles. The number of nitrogens with one attached hydrogen (secondary N) is 3. The van der Waals surface area contributed by atoms with Crippen molar-refractivity contribution in [1.82, 2.24) is 10.7 Å². The number of halogens is 1. The highest BCUT2D eigenvalue weighted by atomic mass is 79.9. The lowest BCUT2D eigenvalue weighted by Crippen LogP contribution is -2.39. The third kappa shape index (κ3) is 8.59. The van der Waals surface area contributed by atoms with E-state index in [1.54, 1.807) is 18.2 Å². The minimum Gasteiger partial charge on any atom is -0.483 e. The standard InChI is InChI=1S/C22H25BrN4O4/c1-14(2)11-24-21(29)22(30)27-25-12-16-10-17(23)6-9-19(16)31-13-20(28)26-18-7-4-15(3)5-8-18/h4-10,12,14H,11,13H2,1-3H3,(H,24,29)(H,26,28)(H,27,30)/b25-12-. The fourth-order valence-corrected chi connectivity index (χ4v) is 2.70. The van der Waals surface area contributed by atoms with Crippen molar-refractivity contribution in [2.75, 3.05) is 18.5 Å². The first-order valence-electron chi connectivity index (χ1n) is 9.64. The van der Waals surface area contributed by atoms with E-state index in [0.29, 0.717) is 23.5 Å². The molecule has 0 unspecified atom stereocenters. The maximum atomic E-state index is 12.2. The Bertz CT molecular complexity index is 958. The first-order valence-corrected chi connectivity index (χ1v) is 10.4. The summed E-state index contributed by atoms with van der Waals surface area (Å²) < 4.78 is 6.36. The van der Waals surface area contributed by atoms with E-state index in [0.717, 1.165) is 10.0 Å². The average Bonchev–Trinajstić information content (AvgIpc) is 2.73. The van der Waals surface area contributed by atoms with E-state index >= 15 is 0 Å². The van der Waals surface area contributed by atoms with Crippen LogP contribution in [0.1, 0.15) is 25.0 Å². The number of benzene rings is 2. The summed E-state index contributed by atoms with van der Waals surface area (Å²) in [5.41, 5.74) is 4.46. The van der Waals surface area contributed by atoms with E-state index in [2.05, 4.69) is 37.1 Å². The molecule has 0 aliphatic heterocycles. The summed E-state index contributed by atoms with van der Waals surface area (Å²) in [5, 5.41) is 9.07. The van der Waals surface area contributed by atoms with E-state index in [9.17, 15) is 14.4 Å². The molecular weight excluding hydrogens is 464 g/mol. The Hall–Kier alpha value is -3.20. The van der Waals surface area contributed by atoms with Crippen LogP contribution in [0, 0.1) is 12.8 Å². The van der Waals surface area contributed by atoms with Gasteiger partial charge in [0.2, 0.25) is 0 Å². The summed E-state index contributed by atoms with van der Waals surface area (Å²) in [5.74, 6) is -1.32. The Balaban J connectivity index is 1.94. The molecule has 0 radical (unpaired) electrons. The van der Waals surface area contributed by atoms with E-state index in [1.807, 2.05) is 45.0 Å². The molecule has 8 nitrogen and oxygen atoms in total. The molecule has 3 amide bonds. The van der Waals surface area contributed by atoms with Gasteiger partial charge in [0.15, 0.2) is 6.61 Å². The number of anilines is 1. The van der Waals surface area contributed by atoms with Gasteiger partial charge in [-0.25, -0.2) is 5.43 Å². The van der Waals surface area contributed by atoms with Crippen LogP contribution in [-0.2, 0) is 14.4 Å². The molecule has 0 saturated carbocycles. The maximum absolute atomic E-state index is 12.2. The van der Waals surface area contributed by atoms with Gasteiger partial charge in [-0.15, -0.1) is 0 Å². The van der Waals surface area contributed by atoms with Gasteiger partial charge in [-0.2, -0.15) is 5.10 Å². The minimum absolute atomic E-state index is 0.208. The van der Waals surface area contributed by atoms with Gasteiger partial charge in [0.25, 0.3) is 5.91 Å². The summed E-state index contributed by atoms with van der Waals surface area (Å²) in [6.45, 7) is 5.99. The van der Waals surface area contributed by atoms with Gasteiger partial charge in [-0.3, -0.25) is 14.4 Å². The number of rotatable bonds is 8. The van der Waals surface area contributed by atoms with Crippen LogP contribution in [0.5, 0.6) is 5.75 Å². The monoisotopic (exact) mass is 488 g/mol. The molecule has 164 valence electrons. The van der Waals surface area contributed by atoms with Crippen molar-refractivity contribution in [3.63, 3.8) is 0 Å². The van der Waals surface area contributed by atoms with E-state index in [-0.39, 0.29) is 18.4 Å². The lowest BCUT2D eigenvalue weighted by atomic mass is 10.2.